The van der Waals surface area contributed by atoms with Gasteiger partial charge in [-0.15, -0.1) is 0 Å². The Balaban J connectivity index is 1.63. The van der Waals surface area contributed by atoms with Crippen LogP contribution in [0.3, 0.4) is 0 Å². The smallest absolute Gasteiger partial charge is 0.0294 e. The van der Waals surface area contributed by atoms with Crippen molar-refractivity contribution in [3.8, 4) is 0 Å². The lowest BCUT2D eigenvalue weighted by Crippen LogP contribution is -2.43. The molecule has 116 valence electrons. The zero-order valence-electron chi connectivity index (χ0n) is 13.6. The third kappa shape index (κ3) is 3.88. The van der Waals surface area contributed by atoms with Gasteiger partial charge in [0.15, 0.2) is 0 Å². The summed E-state index contributed by atoms with van der Waals surface area (Å²) in [6.07, 6.45) is 13.1. The maximum absolute atomic E-state index is 3.98. The lowest BCUT2D eigenvalue weighted by Gasteiger charge is -2.40. The van der Waals surface area contributed by atoms with Gasteiger partial charge in [0.1, 0.15) is 0 Å². The predicted octanol–water partition coefficient (Wildman–Crippen LogP) is 5.48. The molecule has 2 saturated carbocycles. The van der Waals surface area contributed by atoms with Gasteiger partial charge in [0.05, 0.1) is 0 Å². The highest BCUT2D eigenvalue weighted by molar-refractivity contribution is 5.18. The van der Waals surface area contributed by atoms with E-state index in [1.54, 1.807) is 0 Å². The zero-order chi connectivity index (χ0) is 14.5. The summed E-state index contributed by atoms with van der Waals surface area (Å²) in [7, 11) is 0. The fraction of sp³-hybridized carbons (Fsp3) is 0.700. The molecule has 2 fully saturated rings. The molecule has 3 atom stereocenters. The van der Waals surface area contributed by atoms with Crippen molar-refractivity contribution in [2.24, 2.45) is 11.8 Å². The molecule has 0 radical (unpaired) electrons. The van der Waals surface area contributed by atoms with Gasteiger partial charge in [-0.25, -0.2) is 0 Å². The first-order valence-corrected chi connectivity index (χ1v) is 9.15. The minimum absolute atomic E-state index is 0.486. The predicted molar refractivity (Wildman–Crippen MR) is 90.3 cm³/mol. The van der Waals surface area contributed by atoms with Crippen LogP contribution in [0.2, 0.25) is 0 Å². The highest BCUT2D eigenvalue weighted by atomic mass is 15.0. The lowest BCUT2D eigenvalue weighted by atomic mass is 9.70. The number of hydrogen-bond donors (Lipinski definition) is 1. The van der Waals surface area contributed by atoms with E-state index in [9.17, 15) is 0 Å². The Morgan fingerprint density at radius 3 is 2.29 bits per heavy atom. The molecular formula is C20H31N. The molecular weight excluding hydrogens is 254 g/mol. The molecule has 0 amide bonds. The summed E-state index contributed by atoms with van der Waals surface area (Å²) in [5.74, 6) is 1.93. The number of nitrogens with one attached hydrogen (secondary N) is 1. The molecule has 2 unspecified atom stereocenters. The topological polar surface area (TPSA) is 12.0 Å². The fourth-order valence-electron chi connectivity index (χ4n) is 4.65. The maximum atomic E-state index is 3.98. The second-order valence-corrected chi connectivity index (χ2v) is 7.25. The molecule has 1 aromatic rings. The van der Waals surface area contributed by atoms with Gasteiger partial charge in [-0.3, -0.25) is 0 Å². The molecule has 2 aliphatic carbocycles. The van der Waals surface area contributed by atoms with Crippen LogP contribution in [0.5, 0.6) is 0 Å². The van der Waals surface area contributed by atoms with Gasteiger partial charge in [0, 0.05) is 12.1 Å². The average molecular weight is 285 g/mol. The van der Waals surface area contributed by atoms with Crippen molar-refractivity contribution < 1.29 is 0 Å². The summed E-state index contributed by atoms with van der Waals surface area (Å²) in [6, 6.07) is 12.2. The van der Waals surface area contributed by atoms with Gasteiger partial charge in [0.2, 0.25) is 0 Å². The molecule has 0 bridgehead atoms. The Kier molecular flexibility index (Phi) is 5.35. The van der Waals surface area contributed by atoms with Crippen molar-refractivity contribution >= 4 is 0 Å². The van der Waals surface area contributed by atoms with Crippen molar-refractivity contribution in [2.75, 3.05) is 0 Å². The molecule has 0 spiro atoms. The minimum atomic E-state index is 0.486. The zero-order valence-corrected chi connectivity index (χ0v) is 13.6. The maximum Gasteiger partial charge on any atom is 0.0294 e. The van der Waals surface area contributed by atoms with Crippen molar-refractivity contribution in [1.82, 2.24) is 5.32 Å². The van der Waals surface area contributed by atoms with Crippen molar-refractivity contribution in [3.05, 3.63) is 35.9 Å². The Morgan fingerprint density at radius 2 is 1.52 bits per heavy atom. The van der Waals surface area contributed by atoms with Crippen molar-refractivity contribution in [3.63, 3.8) is 0 Å². The molecule has 0 aromatic heterocycles. The van der Waals surface area contributed by atoms with Crippen LogP contribution in [0.25, 0.3) is 0 Å². The quantitative estimate of drug-likeness (QED) is 0.772. The van der Waals surface area contributed by atoms with E-state index in [0.717, 1.165) is 17.9 Å². The summed E-state index contributed by atoms with van der Waals surface area (Å²) < 4.78 is 0. The largest absolute Gasteiger partial charge is 0.307 e. The van der Waals surface area contributed by atoms with Crippen molar-refractivity contribution in [2.45, 2.75) is 76.8 Å². The molecule has 0 heterocycles. The van der Waals surface area contributed by atoms with Gasteiger partial charge >= 0.3 is 0 Å². The standard InChI is InChI=1S/C20H31N/c1-16(17-10-4-2-5-11-17)21-20-15-9-8-14-19(20)18-12-6-3-7-13-18/h2,4-5,10-11,16,18-21H,3,6-9,12-15H2,1H3/t16-,19?,20?/m1/s1. The van der Waals surface area contributed by atoms with Gasteiger partial charge in [-0.05, 0) is 37.2 Å². The monoisotopic (exact) mass is 285 g/mol. The molecule has 1 N–H and O–H groups in total. The number of rotatable bonds is 4. The first-order chi connectivity index (χ1) is 10.3. The van der Waals surface area contributed by atoms with Crippen LogP contribution in [-0.4, -0.2) is 6.04 Å². The molecule has 1 aromatic carbocycles. The van der Waals surface area contributed by atoms with E-state index in [1.165, 1.54) is 63.4 Å². The van der Waals surface area contributed by atoms with Crippen LogP contribution in [-0.2, 0) is 0 Å². The van der Waals surface area contributed by atoms with Crippen LogP contribution in [0.4, 0.5) is 0 Å². The molecule has 1 heteroatoms. The van der Waals surface area contributed by atoms with E-state index in [4.69, 9.17) is 0 Å². The Bertz CT molecular complexity index is 407. The normalized spacial score (nSPS) is 29.2. The highest BCUT2D eigenvalue weighted by Crippen LogP contribution is 2.39. The molecule has 2 aliphatic rings. The lowest BCUT2D eigenvalue weighted by molar-refractivity contribution is 0.143. The summed E-state index contributed by atoms with van der Waals surface area (Å²) in [6.45, 7) is 2.34. The van der Waals surface area contributed by atoms with E-state index in [0.29, 0.717) is 6.04 Å². The Labute approximate surface area is 130 Å². The van der Waals surface area contributed by atoms with Crippen LogP contribution < -0.4 is 5.32 Å². The van der Waals surface area contributed by atoms with Gasteiger partial charge in [-0.2, -0.15) is 0 Å². The van der Waals surface area contributed by atoms with E-state index in [-0.39, 0.29) is 0 Å². The fourth-order valence-corrected chi connectivity index (χ4v) is 4.65. The minimum Gasteiger partial charge on any atom is -0.307 e. The van der Waals surface area contributed by atoms with Crippen LogP contribution >= 0.6 is 0 Å². The Morgan fingerprint density at radius 1 is 0.857 bits per heavy atom. The van der Waals surface area contributed by atoms with Gasteiger partial charge < -0.3 is 5.32 Å². The molecule has 0 aliphatic heterocycles. The number of benzene rings is 1. The van der Waals surface area contributed by atoms with Gasteiger partial charge in [-0.1, -0.05) is 75.3 Å². The van der Waals surface area contributed by atoms with Crippen molar-refractivity contribution in [1.29, 1.82) is 0 Å². The summed E-state index contributed by atoms with van der Waals surface area (Å²) >= 11 is 0. The second-order valence-electron chi connectivity index (χ2n) is 7.25. The summed E-state index contributed by atoms with van der Waals surface area (Å²) in [5.41, 5.74) is 1.44. The van der Waals surface area contributed by atoms with E-state index >= 15 is 0 Å². The molecule has 3 rings (SSSR count). The number of hydrogen-bond acceptors (Lipinski definition) is 1. The third-order valence-electron chi connectivity index (χ3n) is 5.84. The van der Waals surface area contributed by atoms with Crippen LogP contribution in [0.15, 0.2) is 30.3 Å². The van der Waals surface area contributed by atoms with E-state index < -0.39 is 0 Å². The Hall–Kier alpha value is -0.820. The summed E-state index contributed by atoms with van der Waals surface area (Å²) in [5, 5.41) is 3.98. The first-order valence-electron chi connectivity index (χ1n) is 9.15. The van der Waals surface area contributed by atoms with E-state index in [1.807, 2.05) is 0 Å². The van der Waals surface area contributed by atoms with E-state index in [2.05, 4.69) is 42.6 Å². The molecule has 0 saturated heterocycles. The first kappa shape index (κ1) is 15.1. The second kappa shape index (κ2) is 7.45. The molecule has 1 nitrogen and oxygen atoms in total. The molecule has 21 heavy (non-hydrogen) atoms. The van der Waals surface area contributed by atoms with Crippen LogP contribution in [0, 0.1) is 11.8 Å². The third-order valence-corrected chi connectivity index (χ3v) is 5.84. The SMILES string of the molecule is C[C@@H](NC1CCCCC1C1CCCCC1)c1ccccc1. The summed E-state index contributed by atoms with van der Waals surface area (Å²) in [4.78, 5) is 0. The van der Waals surface area contributed by atoms with Crippen LogP contribution in [0.1, 0.15) is 76.3 Å². The highest BCUT2D eigenvalue weighted by Gasteiger charge is 2.32. The van der Waals surface area contributed by atoms with Gasteiger partial charge in [0.25, 0.3) is 0 Å². The average Bonchev–Trinajstić information content (AvgIpc) is 2.57.